The second kappa shape index (κ2) is 8.56. The van der Waals surface area contributed by atoms with Crippen LogP contribution in [0.25, 0.3) is 0 Å². The van der Waals surface area contributed by atoms with Crippen molar-refractivity contribution in [2.24, 2.45) is 0 Å². The minimum absolute atomic E-state index is 0.473. The minimum Gasteiger partial charge on any atom is -0.495 e. The second-order valence-corrected chi connectivity index (χ2v) is 5.36. The van der Waals surface area contributed by atoms with Crippen LogP contribution in [0, 0.1) is 6.92 Å². The Morgan fingerprint density at radius 3 is 2.46 bits per heavy atom. The van der Waals surface area contributed by atoms with E-state index in [0.29, 0.717) is 47.1 Å². The molecular formula is C16H21ClN4O3. The third-order valence-corrected chi connectivity index (χ3v) is 3.48. The zero-order valence-electron chi connectivity index (χ0n) is 14.1. The Hall–Kier alpha value is -2.25. The summed E-state index contributed by atoms with van der Waals surface area (Å²) in [6.07, 6.45) is 0. The highest BCUT2D eigenvalue weighted by molar-refractivity contribution is 6.32. The van der Waals surface area contributed by atoms with Gasteiger partial charge in [-0.25, -0.2) is 4.98 Å². The maximum atomic E-state index is 6.12. The van der Waals surface area contributed by atoms with Crippen LogP contribution in [-0.4, -0.2) is 44.4 Å². The fourth-order valence-electron chi connectivity index (χ4n) is 2.07. The van der Waals surface area contributed by atoms with E-state index in [1.54, 1.807) is 33.5 Å². The van der Waals surface area contributed by atoms with E-state index in [0.717, 1.165) is 5.69 Å². The molecule has 7 nitrogen and oxygen atoms in total. The summed E-state index contributed by atoms with van der Waals surface area (Å²) in [5.74, 6) is 2.29. The number of aromatic nitrogens is 2. The van der Waals surface area contributed by atoms with E-state index in [1.807, 2.05) is 13.0 Å². The second-order valence-electron chi connectivity index (χ2n) is 4.95. The summed E-state index contributed by atoms with van der Waals surface area (Å²) in [6, 6.07) is 5.28. The molecule has 2 N–H and O–H groups in total. The van der Waals surface area contributed by atoms with Gasteiger partial charge < -0.3 is 24.8 Å². The standard InChI is InChI=1S/C16H21ClN4O3/c1-10-7-15(21-16(19-10)18-5-6-22-2)20-12-9-13(23-3)11(17)8-14(12)24-4/h7-9H,5-6H2,1-4H3,(H2,18,19,20,21). The highest BCUT2D eigenvalue weighted by atomic mass is 35.5. The molecule has 0 aliphatic heterocycles. The molecule has 0 atom stereocenters. The van der Waals surface area contributed by atoms with Gasteiger partial charge in [0.1, 0.15) is 17.3 Å². The zero-order valence-corrected chi connectivity index (χ0v) is 14.9. The van der Waals surface area contributed by atoms with Crippen molar-refractivity contribution in [3.63, 3.8) is 0 Å². The lowest BCUT2D eigenvalue weighted by molar-refractivity contribution is 0.210. The Kier molecular flexibility index (Phi) is 6.45. The molecule has 0 unspecified atom stereocenters. The zero-order chi connectivity index (χ0) is 17.5. The summed E-state index contributed by atoms with van der Waals surface area (Å²) >= 11 is 6.12. The van der Waals surface area contributed by atoms with E-state index in [4.69, 9.17) is 25.8 Å². The van der Waals surface area contributed by atoms with Crippen molar-refractivity contribution in [1.82, 2.24) is 9.97 Å². The molecule has 0 spiro atoms. The van der Waals surface area contributed by atoms with E-state index >= 15 is 0 Å². The number of hydrogen-bond acceptors (Lipinski definition) is 7. The maximum absolute atomic E-state index is 6.12. The average Bonchev–Trinajstić information content (AvgIpc) is 2.56. The van der Waals surface area contributed by atoms with Crippen molar-refractivity contribution in [1.29, 1.82) is 0 Å². The van der Waals surface area contributed by atoms with Crippen LogP contribution >= 0.6 is 11.6 Å². The van der Waals surface area contributed by atoms with Gasteiger partial charge in [-0.3, -0.25) is 0 Å². The monoisotopic (exact) mass is 352 g/mol. The summed E-state index contributed by atoms with van der Waals surface area (Å²) < 4.78 is 15.6. The molecule has 0 bridgehead atoms. The normalized spacial score (nSPS) is 10.4. The highest BCUT2D eigenvalue weighted by Gasteiger charge is 2.11. The number of nitrogens with zero attached hydrogens (tertiary/aromatic N) is 2. The molecule has 24 heavy (non-hydrogen) atoms. The van der Waals surface area contributed by atoms with Crippen LogP contribution in [0.1, 0.15) is 5.69 Å². The number of methoxy groups -OCH3 is 3. The molecule has 0 saturated carbocycles. The van der Waals surface area contributed by atoms with Gasteiger partial charge in [-0.2, -0.15) is 4.98 Å². The Morgan fingerprint density at radius 1 is 1.04 bits per heavy atom. The first-order valence-corrected chi connectivity index (χ1v) is 7.72. The van der Waals surface area contributed by atoms with Crippen molar-refractivity contribution in [3.8, 4) is 11.5 Å². The minimum atomic E-state index is 0.473. The van der Waals surface area contributed by atoms with Crippen LogP contribution in [0.15, 0.2) is 18.2 Å². The Morgan fingerprint density at radius 2 is 1.79 bits per heavy atom. The first-order valence-electron chi connectivity index (χ1n) is 7.34. The molecule has 0 amide bonds. The fraction of sp³-hybridized carbons (Fsp3) is 0.375. The number of ether oxygens (including phenoxy) is 3. The number of nitrogens with one attached hydrogen (secondary N) is 2. The Balaban J connectivity index is 2.27. The van der Waals surface area contributed by atoms with Crippen molar-refractivity contribution in [2.45, 2.75) is 6.92 Å². The van der Waals surface area contributed by atoms with Crippen LogP contribution in [0.3, 0.4) is 0 Å². The molecule has 0 aliphatic rings. The lowest BCUT2D eigenvalue weighted by Crippen LogP contribution is -2.11. The van der Waals surface area contributed by atoms with Gasteiger partial charge in [-0.1, -0.05) is 11.6 Å². The summed E-state index contributed by atoms with van der Waals surface area (Å²) in [4.78, 5) is 8.78. The van der Waals surface area contributed by atoms with Crippen LogP contribution < -0.4 is 20.1 Å². The molecule has 130 valence electrons. The van der Waals surface area contributed by atoms with Crippen LogP contribution in [0.2, 0.25) is 5.02 Å². The summed E-state index contributed by atoms with van der Waals surface area (Å²) in [5.41, 5.74) is 1.52. The molecule has 0 fully saturated rings. The van der Waals surface area contributed by atoms with Crippen molar-refractivity contribution < 1.29 is 14.2 Å². The lowest BCUT2D eigenvalue weighted by atomic mass is 10.2. The topological polar surface area (TPSA) is 77.5 Å². The molecule has 0 radical (unpaired) electrons. The van der Waals surface area contributed by atoms with Gasteiger partial charge in [0, 0.05) is 37.5 Å². The third kappa shape index (κ3) is 4.62. The quantitative estimate of drug-likeness (QED) is 0.706. The van der Waals surface area contributed by atoms with Crippen molar-refractivity contribution in [3.05, 3.63) is 28.9 Å². The number of hydrogen-bond donors (Lipinski definition) is 2. The third-order valence-electron chi connectivity index (χ3n) is 3.18. The van der Waals surface area contributed by atoms with Gasteiger partial charge in [0.15, 0.2) is 0 Å². The Labute approximate surface area is 146 Å². The van der Waals surface area contributed by atoms with E-state index in [-0.39, 0.29) is 0 Å². The van der Waals surface area contributed by atoms with E-state index < -0.39 is 0 Å². The first-order chi connectivity index (χ1) is 11.6. The van der Waals surface area contributed by atoms with Gasteiger partial charge >= 0.3 is 0 Å². The van der Waals surface area contributed by atoms with Crippen LogP contribution in [-0.2, 0) is 4.74 Å². The van der Waals surface area contributed by atoms with E-state index in [2.05, 4.69) is 20.6 Å². The molecule has 2 aromatic rings. The van der Waals surface area contributed by atoms with Gasteiger partial charge in [0.2, 0.25) is 5.95 Å². The van der Waals surface area contributed by atoms with E-state index in [1.165, 1.54) is 0 Å². The number of halogens is 1. The molecule has 0 saturated heterocycles. The largest absolute Gasteiger partial charge is 0.495 e. The summed E-state index contributed by atoms with van der Waals surface area (Å²) in [7, 11) is 4.78. The maximum Gasteiger partial charge on any atom is 0.224 e. The SMILES string of the molecule is COCCNc1nc(C)cc(Nc2cc(OC)c(Cl)cc2OC)n1. The van der Waals surface area contributed by atoms with Gasteiger partial charge in [0.05, 0.1) is 31.5 Å². The molecule has 1 aromatic carbocycles. The molecule has 1 heterocycles. The first kappa shape index (κ1) is 18.1. The molecule has 1 aromatic heterocycles. The van der Waals surface area contributed by atoms with Gasteiger partial charge in [0.25, 0.3) is 0 Å². The highest BCUT2D eigenvalue weighted by Crippen LogP contribution is 2.37. The molecule has 8 heteroatoms. The smallest absolute Gasteiger partial charge is 0.224 e. The lowest BCUT2D eigenvalue weighted by Gasteiger charge is -2.14. The average molecular weight is 353 g/mol. The van der Waals surface area contributed by atoms with Crippen LogP contribution in [0.5, 0.6) is 11.5 Å². The molecular weight excluding hydrogens is 332 g/mol. The summed E-state index contributed by atoms with van der Waals surface area (Å²) in [6.45, 7) is 3.09. The molecule has 0 aliphatic carbocycles. The van der Waals surface area contributed by atoms with Gasteiger partial charge in [-0.05, 0) is 6.92 Å². The van der Waals surface area contributed by atoms with E-state index in [9.17, 15) is 0 Å². The number of aryl methyl sites for hydroxylation is 1. The predicted molar refractivity (Wildman–Crippen MR) is 95.0 cm³/mol. The van der Waals surface area contributed by atoms with Gasteiger partial charge in [-0.15, -0.1) is 0 Å². The number of rotatable bonds is 8. The summed E-state index contributed by atoms with van der Waals surface area (Å²) in [5, 5.41) is 6.79. The number of benzene rings is 1. The number of anilines is 3. The predicted octanol–water partition coefficient (Wildman–Crippen LogP) is 3.26. The van der Waals surface area contributed by atoms with Crippen molar-refractivity contribution in [2.75, 3.05) is 45.1 Å². The van der Waals surface area contributed by atoms with Crippen LogP contribution in [0.4, 0.5) is 17.5 Å². The fourth-order valence-corrected chi connectivity index (χ4v) is 2.30. The Bertz CT molecular complexity index is 697. The molecule has 2 rings (SSSR count). The van der Waals surface area contributed by atoms with Crippen molar-refractivity contribution >= 4 is 29.1 Å².